The summed E-state index contributed by atoms with van der Waals surface area (Å²) in [6.45, 7) is 3.55. The van der Waals surface area contributed by atoms with Crippen molar-refractivity contribution in [1.29, 1.82) is 0 Å². The van der Waals surface area contributed by atoms with E-state index in [4.69, 9.17) is 28.4 Å². The van der Waals surface area contributed by atoms with Crippen molar-refractivity contribution in [3.8, 4) is 0 Å². The number of unbranched alkanes of at least 4 members (excludes halogenated alkanes) is 13. The molecule has 14 heteroatoms. The number of aliphatic hydroxyl groups is 7. The largest absolute Gasteiger partial charge is 0.457 e. The van der Waals surface area contributed by atoms with Crippen molar-refractivity contribution in [2.75, 3.05) is 33.0 Å². The summed E-state index contributed by atoms with van der Waals surface area (Å²) < 4.78 is 33.9. The fourth-order valence-electron chi connectivity index (χ4n) is 6.17. The highest BCUT2D eigenvalue weighted by atomic mass is 16.7. The van der Waals surface area contributed by atoms with Gasteiger partial charge in [0.1, 0.15) is 54.9 Å². The summed E-state index contributed by atoms with van der Waals surface area (Å²) in [5.41, 5.74) is 0. The van der Waals surface area contributed by atoms with Gasteiger partial charge in [0, 0.05) is 13.0 Å². The van der Waals surface area contributed by atoms with Gasteiger partial charge in [-0.2, -0.15) is 0 Å². The predicted octanol–water partition coefficient (Wildman–Crippen LogP) is 2.78. The minimum atomic E-state index is -1.70. The first-order valence-electron chi connectivity index (χ1n) is 19.8. The topological polar surface area (TPSA) is 214 Å². The van der Waals surface area contributed by atoms with E-state index in [0.29, 0.717) is 13.0 Å². The Morgan fingerprint density at radius 3 is 1.83 bits per heavy atom. The monoisotopic (exact) mass is 750 g/mol. The third-order valence-corrected chi connectivity index (χ3v) is 9.51. The molecular weight excluding hydrogens is 680 g/mol. The first-order valence-corrected chi connectivity index (χ1v) is 19.8. The van der Waals surface area contributed by atoms with E-state index in [1.165, 1.54) is 32.1 Å². The molecule has 0 aromatic carbocycles. The van der Waals surface area contributed by atoms with Crippen LogP contribution in [0.3, 0.4) is 0 Å². The number of allylic oxidation sites excluding steroid dienone is 2. The third kappa shape index (κ3) is 17.9. The molecule has 11 unspecified atom stereocenters. The molecule has 2 rings (SSSR count). The summed E-state index contributed by atoms with van der Waals surface area (Å²) in [4.78, 5) is 12.8. The Bertz CT molecular complexity index is 922. The molecule has 2 aliphatic heterocycles. The number of rotatable bonds is 29. The van der Waals surface area contributed by atoms with Crippen LogP contribution in [0, 0.1) is 0 Å². The molecule has 2 heterocycles. The van der Waals surface area contributed by atoms with Crippen molar-refractivity contribution in [2.24, 2.45) is 0 Å². The zero-order chi connectivity index (χ0) is 38.1. The molecular formula is C38H70O14. The Labute approximate surface area is 310 Å². The van der Waals surface area contributed by atoms with Crippen LogP contribution in [0.5, 0.6) is 0 Å². The maximum atomic E-state index is 12.8. The van der Waals surface area contributed by atoms with Crippen molar-refractivity contribution in [2.45, 2.75) is 191 Å². The standard InChI is InChI=1S/C38H70O14/c1-3-5-7-9-11-13-14-15-17-19-21-30(40)50-27(24-47-22-20-18-16-12-10-8-6-4-2)25-48-37-36(46)34(44)32(42)29(52-37)26-49-38-35(45)33(43)31(41)28(23-39)51-38/h7,9,27-29,31-39,41-46H,3-6,8,10-26H2,1-2H3/b9-7-. The Kier molecular flexibility index (Phi) is 25.4. The maximum Gasteiger partial charge on any atom is 0.306 e. The molecule has 0 saturated carbocycles. The lowest BCUT2D eigenvalue weighted by molar-refractivity contribution is -0.332. The van der Waals surface area contributed by atoms with Gasteiger partial charge in [-0.25, -0.2) is 0 Å². The van der Waals surface area contributed by atoms with E-state index >= 15 is 0 Å². The summed E-state index contributed by atoms with van der Waals surface area (Å²) in [7, 11) is 0. The number of aliphatic hydroxyl groups excluding tert-OH is 7. The molecule has 0 aromatic heterocycles. The molecule has 11 atom stereocenters. The Morgan fingerprint density at radius 2 is 1.17 bits per heavy atom. The van der Waals surface area contributed by atoms with Crippen LogP contribution in [0.4, 0.5) is 0 Å². The van der Waals surface area contributed by atoms with Gasteiger partial charge in [0.25, 0.3) is 0 Å². The summed E-state index contributed by atoms with van der Waals surface area (Å²) in [5.74, 6) is -0.391. The van der Waals surface area contributed by atoms with Crippen LogP contribution in [0.15, 0.2) is 12.2 Å². The van der Waals surface area contributed by atoms with E-state index in [1.807, 2.05) is 0 Å². The second kappa shape index (κ2) is 28.2. The molecule has 52 heavy (non-hydrogen) atoms. The molecule has 7 N–H and O–H groups in total. The van der Waals surface area contributed by atoms with Crippen LogP contribution >= 0.6 is 0 Å². The molecule has 0 spiro atoms. The van der Waals surface area contributed by atoms with Crippen molar-refractivity contribution in [3.05, 3.63) is 12.2 Å². The normalized spacial score (nSPS) is 30.2. The molecule has 14 nitrogen and oxygen atoms in total. The van der Waals surface area contributed by atoms with Gasteiger partial charge in [-0.1, -0.05) is 96.6 Å². The van der Waals surface area contributed by atoms with E-state index < -0.39 is 86.7 Å². The van der Waals surface area contributed by atoms with Crippen LogP contribution in [-0.4, -0.2) is 142 Å². The van der Waals surface area contributed by atoms with E-state index in [2.05, 4.69) is 26.0 Å². The molecule has 0 bridgehead atoms. The smallest absolute Gasteiger partial charge is 0.306 e. The molecule has 0 amide bonds. The predicted molar refractivity (Wildman–Crippen MR) is 192 cm³/mol. The highest BCUT2D eigenvalue weighted by Gasteiger charge is 2.47. The summed E-state index contributed by atoms with van der Waals surface area (Å²) in [6, 6.07) is 0. The van der Waals surface area contributed by atoms with Gasteiger partial charge in [-0.15, -0.1) is 0 Å². The second-order valence-electron chi connectivity index (χ2n) is 14.1. The quantitative estimate of drug-likeness (QED) is 0.0333. The maximum absolute atomic E-state index is 12.8. The third-order valence-electron chi connectivity index (χ3n) is 9.51. The van der Waals surface area contributed by atoms with Gasteiger partial charge >= 0.3 is 5.97 Å². The van der Waals surface area contributed by atoms with Crippen molar-refractivity contribution < 1.29 is 69.0 Å². The van der Waals surface area contributed by atoms with Crippen molar-refractivity contribution >= 4 is 5.97 Å². The summed E-state index contributed by atoms with van der Waals surface area (Å²) in [6.07, 6.45) is 5.99. The van der Waals surface area contributed by atoms with E-state index in [-0.39, 0.29) is 19.6 Å². The van der Waals surface area contributed by atoms with Crippen LogP contribution in [0.1, 0.15) is 123 Å². The molecule has 306 valence electrons. The molecule has 2 aliphatic rings. The number of carbonyl (C=O) groups excluding carboxylic acids is 1. The fourth-order valence-corrected chi connectivity index (χ4v) is 6.17. The lowest BCUT2D eigenvalue weighted by Gasteiger charge is -2.42. The number of ether oxygens (including phenoxy) is 6. The lowest BCUT2D eigenvalue weighted by Crippen LogP contribution is -2.61. The highest BCUT2D eigenvalue weighted by molar-refractivity contribution is 5.69. The number of hydrogen-bond donors (Lipinski definition) is 7. The van der Waals surface area contributed by atoms with Crippen molar-refractivity contribution in [3.63, 3.8) is 0 Å². The van der Waals surface area contributed by atoms with E-state index in [9.17, 15) is 40.5 Å². The van der Waals surface area contributed by atoms with Crippen LogP contribution in [-0.2, 0) is 33.2 Å². The number of esters is 1. The van der Waals surface area contributed by atoms with Gasteiger partial charge in [0.15, 0.2) is 12.6 Å². The van der Waals surface area contributed by atoms with Gasteiger partial charge in [-0.05, 0) is 32.1 Å². The molecule has 0 aliphatic carbocycles. The van der Waals surface area contributed by atoms with Crippen LogP contribution in [0.2, 0.25) is 0 Å². The van der Waals surface area contributed by atoms with E-state index in [0.717, 1.165) is 64.2 Å². The molecule has 0 aromatic rings. The average molecular weight is 751 g/mol. The Morgan fingerprint density at radius 1 is 0.615 bits per heavy atom. The number of carbonyl (C=O) groups is 1. The van der Waals surface area contributed by atoms with Gasteiger partial charge < -0.3 is 64.2 Å². The van der Waals surface area contributed by atoms with Gasteiger partial charge in [0.2, 0.25) is 0 Å². The highest BCUT2D eigenvalue weighted by Crippen LogP contribution is 2.26. The SMILES string of the molecule is CCC/C=C\CCCCCCCC(=O)OC(COCCCCCCCCCC)COC1OC(COC2OC(CO)C(O)C(O)C2O)C(O)C(O)C1O. The Balaban J connectivity index is 1.87. The lowest BCUT2D eigenvalue weighted by atomic mass is 9.98. The molecule has 0 radical (unpaired) electrons. The summed E-state index contributed by atoms with van der Waals surface area (Å²) >= 11 is 0. The zero-order valence-corrected chi connectivity index (χ0v) is 31.6. The Hall–Kier alpha value is -1.27. The molecule has 2 saturated heterocycles. The summed E-state index contributed by atoms with van der Waals surface area (Å²) in [5, 5.41) is 71.5. The minimum absolute atomic E-state index is 0.0609. The van der Waals surface area contributed by atoms with Crippen LogP contribution in [0.25, 0.3) is 0 Å². The van der Waals surface area contributed by atoms with Gasteiger partial charge in [0.05, 0.1) is 26.4 Å². The van der Waals surface area contributed by atoms with E-state index in [1.54, 1.807) is 0 Å². The number of hydrogen-bond acceptors (Lipinski definition) is 14. The molecule has 2 fully saturated rings. The minimum Gasteiger partial charge on any atom is -0.457 e. The first kappa shape index (κ1) is 46.9. The average Bonchev–Trinajstić information content (AvgIpc) is 3.14. The fraction of sp³-hybridized carbons (Fsp3) is 0.921. The van der Waals surface area contributed by atoms with Gasteiger partial charge in [-0.3, -0.25) is 4.79 Å². The first-order chi connectivity index (χ1) is 25.1. The van der Waals surface area contributed by atoms with Crippen LogP contribution < -0.4 is 0 Å². The van der Waals surface area contributed by atoms with Crippen molar-refractivity contribution in [1.82, 2.24) is 0 Å². The zero-order valence-electron chi connectivity index (χ0n) is 31.6. The second-order valence-corrected chi connectivity index (χ2v) is 14.1.